The van der Waals surface area contributed by atoms with Crippen LogP contribution in [0.4, 0.5) is 0 Å². The zero-order valence-corrected chi connectivity index (χ0v) is 9.27. The number of hydrogen-bond acceptors (Lipinski definition) is 3. The van der Waals surface area contributed by atoms with E-state index in [1.54, 1.807) is 30.3 Å². The number of aldehydes is 1. The molecule has 0 saturated carbocycles. The van der Waals surface area contributed by atoms with Crippen molar-refractivity contribution in [3.05, 3.63) is 47.2 Å². The molecule has 0 atom stereocenters. The Balaban J connectivity index is 2.46. The van der Waals surface area contributed by atoms with Gasteiger partial charge in [0.05, 0.1) is 0 Å². The van der Waals surface area contributed by atoms with Crippen molar-refractivity contribution in [1.82, 2.24) is 0 Å². The second kappa shape index (κ2) is 4.25. The van der Waals surface area contributed by atoms with Gasteiger partial charge >= 0.3 is 0 Å². The van der Waals surface area contributed by atoms with Gasteiger partial charge in [0, 0.05) is 11.1 Å². The molecule has 2 N–H and O–H groups in total. The highest BCUT2D eigenvalue weighted by Crippen LogP contribution is 2.25. The standard InChI is InChI=1S/C13H11NO3/c1-8-6-9(13(14)16)2-4-11(8)12-5-3-10(7-15)17-12/h2-7H,1H3,(H2,14,16). The molecule has 1 aromatic heterocycles. The lowest BCUT2D eigenvalue weighted by molar-refractivity contribution is 0.0999. The third-order valence-electron chi connectivity index (χ3n) is 2.52. The van der Waals surface area contributed by atoms with Crippen LogP contribution in [0.5, 0.6) is 0 Å². The maximum Gasteiger partial charge on any atom is 0.248 e. The Labute approximate surface area is 98.0 Å². The summed E-state index contributed by atoms with van der Waals surface area (Å²) in [5, 5.41) is 0. The van der Waals surface area contributed by atoms with Gasteiger partial charge in [0.1, 0.15) is 5.76 Å². The number of carbonyl (C=O) groups excluding carboxylic acids is 2. The fourth-order valence-corrected chi connectivity index (χ4v) is 1.65. The van der Waals surface area contributed by atoms with Crippen LogP contribution in [0.25, 0.3) is 11.3 Å². The highest BCUT2D eigenvalue weighted by atomic mass is 16.3. The molecular weight excluding hydrogens is 218 g/mol. The van der Waals surface area contributed by atoms with Crippen LogP contribution in [0.1, 0.15) is 26.5 Å². The lowest BCUT2D eigenvalue weighted by atomic mass is 10.0. The van der Waals surface area contributed by atoms with Crippen LogP contribution in [0.2, 0.25) is 0 Å². The number of benzene rings is 1. The van der Waals surface area contributed by atoms with Crippen LogP contribution < -0.4 is 5.73 Å². The molecule has 0 saturated heterocycles. The van der Waals surface area contributed by atoms with E-state index in [4.69, 9.17) is 10.2 Å². The first-order valence-electron chi connectivity index (χ1n) is 5.07. The first kappa shape index (κ1) is 11.1. The van der Waals surface area contributed by atoms with Crippen molar-refractivity contribution in [2.45, 2.75) is 6.92 Å². The van der Waals surface area contributed by atoms with Crippen molar-refractivity contribution >= 4 is 12.2 Å². The Bertz CT molecular complexity index is 584. The summed E-state index contributed by atoms with van der Waals surface area (Å²) in [7, 11) is 0. The van der Waals surface area contributed by atoms with Crippen LogP contribution in [-0.4, -0.2) is 12.2 Å². The van der Waals surface area contributed by atoms with Crippen LogP contribution in [0, 0.1) is 6.92 Å². The van der Waals surface area contributed by atoms with Crippen molar-refractivity contribution in [3.8, 4) is 11.3 Å². The van der Waals surface area contributed by atoms with Crippen molar-refractivity contribution < 1.29 is 14.0 Å². The molecule has 1 amide bonds. The molecule has 2 rings (SSSR count). The second-order valence-corrected chi connectivity index (χ2v) is 3.71. The summed E-state index contributed by atoms with van der Waals surface area (Å²) in [4.78, 5) is 21.5. The molecule has 0 bridgehead atoms. The summed E-state index contributed by atoms with van der Waals surface area (Å²) >= 11 is 0. The van der Waals surface area contributed by atoms with Crippen LogP contribution in [0.3, 0.4) is 0 Å². The van der Waals surface area contributed by atoms with E-state index in [1.165, 1.54) is 0 Å². The maximum absolute atomic E-state index is 11.0. The number of nitrogens with two attached hydrogens (primary N) is 1. The number of amides is 1. The van der Waals surface area contributed by atoms with Gasteiger partial charge in [-0.25, -0.2) is 0 Å². The minimum absolute atomic E-state index is 0.276. The molecule has 4 nitrogen and oxygen atoms in total. The molecule has 0 aliphatic heterocycles. The van der Waals surface area contributed by atoms with E-state index >= 15 is 0 Å². The van der Waals surface area contributed by atoms with Gasteiger partial charge in [-0.2, -0.15) is 0 Å². The van der Waals surface area contributed by atoms with Crippen molar-refractivity contribution in [3.63, 3.8) is 0 Å². The van der Waals surface area contributed by atoms with E-state index in [0.29, 0.717) is 17.6 Å². The Morgan fingerprint density at radius 3 is 2.59 bits per heavy atom. The molecule has 86 valence electrons. The minimum atomic E-state index is -0.465. The number of rotatable bonds is 3. The first-order chi connectivity index (χ1) is 8.11. The Hall–Kier alpha value is -2.36. The van der Waals surface area contributed by atoms with E-state index in [-0.39, 0.29) is 5.76 Å². The number of hydrogen-bond donors (Lipinski definition) is 1. The molecule has 0 aliphatic rings. The van der Waals surface area contributed by atoms with Gasteiger partial charge < -0.3 is 10.2 Å². The molecular formula is C13H11NO3. The topological polar surface area (TPSA) is 73.3 Å². The third-order valence-corrected chi connectivity index (χ3v) is 2.52. The highest BCUT2D eigenvalue weighted by Gasteiger charge is 2.09. The van der Waals surface area contributed by atoms with Gasteiger partial charge in [-0.3, -0.25) is 9.59 Å². The van der Waals surface area contributed by atoms with Crippen molar-refractivity contribution in [1.29, 1.82) is 0 Å². The van der Waals surface area contributed by atoms with Crippen LogP contribution in [0.15, 0.2) is 34.7 Å². The maximum atomic E-state index is 11.0. The molecule has 1 heterocycles. The average molecular weight is 229 g/mol. The van der Waals surface area contributed by atoms with Gasteiger partial charge in [-0.1, -0.05) is 6.07 Å². The zero-order valence-electron chi connectivity index (χ0n) is 9.27. The van der Waals surface area contributed by atoms with Gasteiger partial charge in [0.15, 0.2) is 12.0 Å². The molecule has 2 aromatic rings. The van der Waals surface area contributed by atoms with E-state index in [0.717, 1.165) is 11.1 Å². The number of primary amides is 1. The van der Waals surface area contributed by atoms with E-state index in [1.807, 2.05) is 6.92 Å². The monoisotopic (exact) mass is 229 g/mol. The van der Waals surface area contributed by atoms with Crippen molar-refractivity contribution in [2.75, 3.05) is 0 Å². The molecule has 0 aliphatic carbocycles. The summed E-state index contributed by atoms with van der Waals surface area (Å²) < 4.78 is 5.32. The summed E-state index contributed by atoms with van der Waals surface area (Å²) in [6.45, 7) is 1.85. The third kappa shape index (κ3) is 2.10. The summed E-state index contributed by atoms with van der Waals surface area (Å²) in [6.07, 6.45) is 0.649. The second-order valence-electron chi connectivity index (χ2n) is 3.71. The molecule has 0 spiro atoms. The minimum Gasteiger partial charge on any atom is -0.453 e. The van der Waals surface area contributed by atoms with E-state index in [2.05, 4.69) is 0 Å². The molecule has 0 fully saturated rings. The quantitative estimate of drug-likeness (QED) is 0.819. The molecule has 17 heavy (non-hydrogen) atoms. The summed E-state index contributed by atoms with van der Waals surface area (Å²) in [5.41, 5.74) is 7.35. The Morgan fingerprint density at radius 2 is 2.06 bits per heavy atom. The summed E-state index contributed by atoms with van der Waals surface area (Å²) in [5.74, 6) is 0.409. The highest BCUT2D eigenvalue weighted by molar-refractivity contribution is 5.93. The SMILES string of the molecule is Cc1cc(C(N)=O)ccc1-c1ccc(C=O)o1. The Kier molecular flexibility index (Phi) is 2.78. The van der Waals surface area contributed by atoms with Crippen LogP contribution in [-0.2, 0) is 0 Å². The van der Waals surface area contributed by atoms with Crippen LogP contribution >= 0.6 is 0 Å². The molecule has 4 heteroatoms. The number of aryl methyl sites for hydroxylation is 1. The molecule has 0 unspecified atom stereocenters. The van der Waals surface area contributed by atoms with E-state index < -0.39 is 5.91 Å². The summed E-state index contributed by atoms with van der Waals surface area (Å²) in [6, 6.07) is 8.40. The fourth-order valence-electron chi connectivity index (χ4n) is 1.65. The zero-order chi connectivity index (χ0) is 12.4. The lowest BCUT2D eigenvalue weighted by Crippen LogP contribution is -2.10. The molecule has 1 aromatic carbocycles. The van der Waals surface area contributed by atoms with Gasteiger partial charge in [0.25, 0.3) is 0 Å². The average Bonchev–Trinajstić information content (AvgIpc) is 2.77. The largest absolute Gasteiger partial charge is 0.453 e. The normalized spacial score (nSPS) is 10.2. The van der Waals surface area contributed by atoms with Gasteiger partial charge in [0.2, 0.25) is 5.91 Å². The predicted octanol–water partition coefficient (Wildman–Crippen LogP) is 2.17. The fraction of sp³-hybridized carbons (Fsp3) is 0.0769. The predicted molar refractivity (Wildman–Crippen MR) is 62.8 cm³/mol. The van der Waals surface area contributed by atoms with Gasteiger partial charge in [-0.15, -0.1) is 0 Å². The number of furan rings is 1. The molecule has 0 radical (unpaired) electrons. The number of carbonyl (C=O) groups is 2. The van der Waals surface area contributed by atoms with E-state index in [9.17, 15) is 9.59 Å². The first-order valence-corrected chi connectivity index (χ1v) is 5.07. The smallest absolute Gasteiger partial charge is 0.248 e. The van der Waals surface area contributed by atoms with Crippen molar-refractivity contribution in [2.24, 2.45) is 5.73 Å². The Morgan fingerprint density at radius 1 is 1.29 bits per heavy atom. The lowest BCUT2D eigenvalue weighted by Gasteiger charge is -2.04. The van der Waals surface area contributed by atoms with Gasteiger partial charge in [-0.05, 0) is 36.8 Å².